The van der Waals surface area contributed by atoms with Crippen LogP contribution in [-0.2, 0) is 0 Å². The fourth-order valence-corrected chi connectivity index (χ4v) is 1.20. The summed E-state index contributed by atoms with van der Waals surface area (Å²) in [6.45, 7) is 0. The van der Waals surface area contributed by atoms with Crippen LogP contribution in [0.15, 0.2) is 36.7 Å². The Morgan fingerprint density at radius 3 is 2.41 bits per heavy atom. The number of aromatic carboxylic acids is 1. The van der Waals surface area contributed by atoms with Crippen LogP contribution in [0.3, 0.4) is 0 Å². The molecule has 0 fully saturated rings. The second kappa shape index (κ2) is 4.48. The van der Waals surface area contributed by atoms with Crippen molar-refractivity contribution in [3.05, 3.63) is 42.2 Å². The van der Waals surface area contributed by atoms with Gasteiger partial charge in [-0.1, -0.05) is 12.1 Å². The summed E-state index contributed by atoms with van der Waals surface area (Å²) in [6, 6.07) is 6.61. The lowest BCUT2D eigenvalue weighted by atomic mass is 10.3. The number of benzene rings is 1. The van der Waals surface area contributed by atoms with Crippen molar-refractivity contribution < 1.29 is 15.0 Å². The van der Waals surface area contributed by atoms with Crippen LogP contribution in [0.2, 0.25) is 0 Å². The number of rotatable bonds is 3. The minimum Gasteiger partial charge on any atom is -0.506 e. The lowest BCUT2D eigenvalue weighted by Gasteiger charge is -2.05. The molecular weight excluding hydrogens is 222 g/mol. The number of hydrogen-bond donors (Lipinski definition) is 3. The van der Waals surface area contributed by atoms with Crippen LogP contribution < -0.4 is 5.32 Å². The Morgan fingerprint density at radius 1 is 1.18 bits per heavy atom. The molecule has 0 atom stereocenters. The predicted molar refractivity (Wildman–Crippen MR) is 60.4 cm³/mol. The second-order valence-corrected chi connectivity index (χ2v) is 3.24. The van der Waals surface area contributed by atoms with E-state index in [0.29, 0.717) is 5.69 Å². The number of phenolic OH excluding ortho intramolecular Hbond substituents is 1. The fourth-order valence-electron chi connectivity index (χ4n) is 1.20. The number of carbonyl (C=O) groups is 1. The molecule has 0 aliphatic carbocycles. The van der Waals surface area contributed by atoms with Gasteiger partial charge in [-0.15, -0.1) is 0 Å². The number of anilines is 2. The van der Waals surface area contributed by atoms with Gasteiger partial charge >= 0.3 is 5.97 Å². The standard InChI is InChI=1S/C11H9N3O3/c15-9-4-2-1-3-8(9)14-11-12-5-7(6-13-11)10(16)17/h1-6,15H,(H,16,17)(H,12,13,14). The molecule has 2 aromatic rings. The van der Waals surface area contributed by atoms with Crippen molar-refractivity contribution in [2.45, 2.75) is 0 Å². The molecule has 0 bridgehead atoms. The first-order chi connectivity index (χ1) is 8.16. The average Bonchev–Trinajstić information content (AvgIpc) is 2.33. The first kappa shape index (κ1) is 10.9. The Hall–Kier alpha value is -2.63. The van der Waals surface area contributed by atoms with Crippen LogP contribution in [0.5, 0.6) is 5.75 Å². The minimum absolute atomic E-state index is 0.00725. The van der Waals surface area contributed by atoms with Gasteiger partial charge in [-0.25, -0.2) is 14.8 Å². The zero-order valence-electron chi connectivity index (χ0n) is 8.66. The van der Waals surface area contributed by atoms with Crippen LogP contribution in [0, 0.1) is 0 Å². The molecule has 1 aromatic carbocycles. The Balaban J connectivity index is 2.20. The molecule has 0 spiro atoms. The van der Waals surface area contributed by atoms with E-state index in [0.717, 1.165) is 0 Å². The predicted octanol–water partition coefficient (Wildman–Crippen LogP) is 1.62. The van der Waals surface area contributed by atoms with Crippen LogP contribution >= 0.6 is 0 Å². The maximum absolute atomic E-state index is 10.6. The van der Waals surface area contributed by atoms with Crippen molar-refractivity contribution in [2.75, 3.05) is 5.32 Å². The topological polar surface area (TPSA) is 95.3 Å². The number of nitrogens with zero attached hydrogens (tertiary/aromatic N) is 2. The summed E-state index contributed by atoms with van der Waals surface area (Å²) in [5.74, 6) is -0.797. The fraction of sp³-hybridized carbons (Fsp3) is 0. The first-order valence-electron chi connectivity index (χ1n) is 4.77. The van der Waals surface area contributed by atoms with Crippen molar-refractivity contribution in [1.29, 1.82) is 0 Å². The molecule has 1 heterocycles. The van der Waals surface area contributed by atoms with Crippen LogP contribution in [-0.4, -0.2) is 26.2 Å². The first-order valence-corrected chi connectivity index (χ1v) is 4.77. The summed E-state index contributed by atoms with van der Waals surface area (Å²) in [7, 11) is 0. The number of aromatic hydroxyl groups is 1. The van der Waals surface area contributed by atoms with Crippen molar-refractivity contribution in [2.24, 2.45) is 0 Å². The van der Waals surface area contributed by atoms with E-state index >= 15 is 0 Å². The number of carboxylic acid groups (broad SMARTS) is 1. The third-order valence-electron chi connectivity index (χ3n) is 2.05. The summed E-state index contributed by atoms with van der Waals surface area (Å²) >= 11 is 0. The Kier molecular flexibility index (Phi) is 2.87. The van der Waals surface area contributed by atoms with Gasteiger partial charge in [-0.3, -0.25) is 0 Å². The lowest BCUT2D eigenvalue weighted by Crippen LogP contribution is -2.02. The number of aromatic nitrogens is 2. The lowest BCUT2D eigenvalue weighted by molar-refractivity contribution is 0.0696. The van der Waals surface area contributed by atoms with Gasteiger partial charge in [0.1, 0.15) is 5.75 Å². The van der Waals surface area contributed by atoms with E-state index in [1.807, 2.05) is 0 Å². The van der Waals surface area contributed by atoms with E-state index < -0.39 is 5.97 Å². The molecule has 1 aromatic heterocycles. The molecule has 2 rings (SSSR count). The monoisotopic (exact) mass is 231 g/mol. The summed E-state index contributed by atoms with van der Waals surface area (Å²) in [6.07, 6.45) is 2.38. The van der Waals surface area contributed by atoms with Gasteiger partial charge in [-0.05, 0) is 12.1 Å². The van der Waals surface area contributed by atoms with Crippen molar-refractivity contribution >= 4 is 17.6 Å². The van der Waals surface area contributed by atoms with Crippen LogP contribution in [0.1, 0.15) is 10.4 Å². The van der Waals surface area contributed by atoms with Crippen molar-refractivity contribution in [3.63, 3.8) is 0 Å². The molecule has 3 N–H and O–H groups in total. The molecule has 6 heteroatoms. The number of carboxylic acids is 1. The Labute approximate surface area is 96.6 Å². The molecule has 0 amide bonds. The van der Waals surface area contributed by atoms with E-state index in [-0.39, 0.29) is 17.3 Å². The van der Waals surface area contributed by atoms with E-state index in [1.165, 1.54) is 18.5 Å². The van der Waals surface area contributed by atoms with Gasteiger partial charge in [0.2, 0.25) is 5.95 Å². The molecule has 0 aliphatic rings. The summed E-state index contributed by atoms with van der Waals surface area (Å²) in [4.78, 5) is 18.2. The third-order valence-corrected chi connectivity index (χ3v) is 2.05. The highest BCUT2D eigenvalue weighted by molar-refractivity contribution is 5.86. The van der Waals surface area contributed by atoms with Crippen LogP contribution in [0.25, 0.3) is 0 Å². The minimum atomic E-state index is -1.08. The maximum atomic E-state index is 10.6. The number of hydrogen-bond acceptors (Lipinski definition) is 5. The van der Waals surface area contributed by atoms with Gasteiger partial charge in [-0.2, -0.15) is 0 Å². The summed E-state index contributed by atoms with van der Waals surface area (Å²) in [5.41, 5.74) is 0.461. The van der Waals surface area contributed by atoms with E-state index in [1.54, 1.807) is 18.2 Å². The molecule has 0 saturated carbocycles. The molecule has 6 nitrogen and oxygen atoms in total. The summed E-state index contributed by atoms with van der Waals surface area (Å²) in [5, 5.41) is 20.9. The van der Waals surface area contributed by atoms with Crippen molar-refractivity contribution in [3.8, 4) is 5.75 Å². The summed E-state index contributed by atoms with van der Waals surface area (Å²) < 4.78 is 0. The Bertz CT molecular complexity index is 540. The van der Waals surface area contributed by atoms with Crippen molar-refractivity contribution in [1.82, 2.24) is 9.97 Å². The molecular formula is C11H9N3O3. The zero-order chi connectivity index (χ0) is 12.3. The zero-order valence-corrected chi connectivity index (χ0v) is 8.66. The molecule has 17 heavy (non-hydrogen) atoms. The average molecular weight is 231 g/mol. The largest absolute Gasteiger partial charge is 0.506 e. The highest BCUT2D eigenvalue weighted by Gasteiger charge is 2.05. The van der Waals surface area contributed by atoms with Gasteiger partial charge in [0.05, 0.1) is 11.3 Å². The molecule has 86 valence electrons. The van der Waals surface area contributed by atoms with E-state index in [9.17, 15) is 9.90 Å². The third kappa shape index (κ3) is 2.49. The normalized spacial score (nSPS) is 9.88. The highest BCUT2D eigenvalue weighted by atomic mass is 16.4. The van der Waals surface area contributed by atoms with Gasteiger partial charge in [0.25, 0.3) is 0 Å². The number of para-hydroxylation sites is 2. The maximum Gasteiger partial charge on any atom is 0.338 e. The van der Waals surface area contributed by atoms with Gasteiger partial charge in [0, 0.05) is 12.4 Å². The molecule has 0 unspecified atom stereocenters. The number of phenols is 1. The second-order valence-electron chi connectivity index (χ2n) is 3.24. The molecule has 0 radical (unpaired) electrons. The Morgan fingerprint density at radius 2 is 1.82 bits per heavy atom. The molecule has 0 saturated heterocycles. The van der Waals surface area contributed by atoms with E-state index in [2.05, 4.69) is 15.3 Å². The smallest absolute Gasteiger partial charge is 0.338 e. The SMILES string of the molecule is O=C(O)c1cnc(Nc2ccccc2O)nc1. The van der Waals surface area contributed by atoms with Gasteiger partial charge in [0.15, 0.2) is 0 Å². The van der Waals surface area contributed by atoms with E-state index in [4.69, 9.17) is 5.11 Å². The number of nitrogens with one attached hydrogen (secondary N) is 1. The highest BCUT2D eigenvalue weighted by Crippen LogP contribution is 2.23. The van der Waals surface area contributed by atoms with Gasteiger partial charge < -0.3 is 15.5 Å². The van der Waals surface area contributed by atoms with Crippen LogP contribution in [0.4, 0.5) is 11.6 Å². The quantitative estimate of drug-likeness (QED) is 0.695. The molecule has 0 aliphatic heterocycles.